The van der Waals surface area contributed by atoms with Crippen LogP contribution in [0.4, 0.5) is 0 Å². The highest BCUT2D eigenvalue weighted by atomic mass is 16.4. The molecule has 0 fully saturated rings. The normalized spacial score (nSPS) is 10.7. The van der Waals surface area contributed by atoms with Crippen LogP contribution in [-0.2, 0) is 11.8 Å². The van der Waals surface area contributed by atoms with Gasteiger partial charge in [-0.3, -0.25) is 19.4 Å². The standard InChI is InChI=1S/C13H12N2O5/c1-15-8-6-14-5-4-7(8)12(19)11(13(15)20)9(16)2-3-10(17)18/h4-6,19H,2-3H2,1H3,(H,17,18). The monoisotopic (exact) mass is 276 g/mol. The van der Waals surface area contributed by atoms with Crippen LogP contribution in [0.25, 0.3) is 10.9 Å². The highest BCUT2D eigenvalue weighted by Gasteiger charge is 2.21. The summed E-state index contributed by atoms with van der Waals surface area (Å²) in [7, 11) is 1.46. The first kappa shape index (κ1) is 13.7. The maximum absolute atomic E-state index is 12.1. The van der Waals surface area contributed by atoms with E-state index >= 15 is 0 Å². The zero-order chi connectivity index (χ0) is 14.9. The number of rotatable bonds is 4. The number of aromatic hydroxyl groups is 1. The number of carboxylic acid groups (broad SMARTS) is 1. The predicted octanol–water partition coefficient (Wildman–Crippen LogP) is 0.687. The second kappa shape index (κ2) is 5.12. The second-order valence-corrected chi connectivity index (χ2v) is 4.30. The number of carboxylic acids is 1. The first-order valence-electron chi connectivity index (χ1n) is 5.84. The van der Waals surface area contributed by atoms with Crippen molar-refractivity contribution in [3.8, 4) is 5.75 Å². The second-order valence-electron chi connectivity index (χ2n) is 4.30. The van der Waals surface area contributed by atoms with Crippen LogP contribution >= 0.6 is 0 Å². The van der Waals surface area contributed by atoms with Crippen molar-refractivity contribution < 1.29 is 19.8 Å². The van der Waals surface area contributed by atoms with Gasteiger partial charge in [-0.15, -0.1) is 0 Å². The van der Waals surface area contributed by atoms with Crippen molar-refractivity contribution in [1.82, 2.24) is 9.55 Å². The van der Waals surface area contributed by atoms with Crippen LogP contribution in [0.3, 0.4) is 0 Å². The Kier molecular flexibility index (Phi) is 3.51. The molecule has 0 aliphatic rings. The number of hydrogen-bond donors (Lipinski definition) is 2. The Morgan fingerprint density at radius 3 is 2.70 bits per heavy atom. The van der Waals surface area contributed by atoms with Gasteiger partial charge in [-0.05, 0) is 6.07 Å². The summed E-state index contributed by atoms with van der Waals surface area (Å²) in [6, 6.07) is 1.48. The Labute approximate surface area is 113 Å². The molecule has 2 N–H and O–H groups in total. The maximum Gasteiger partial charge on any atom is 0.303 e. The van der Waals surface area contributed by atoms with E-state index in [-0.39, 0.29) is 12.0 Å². The molecule has 0 atom stereocenters. The zero-order valence-corrected chi connectivity index (χ0v) is 10.7. The average Bonchev–Trinajstić information content (AvgIpc) is 2.43. The lowest BCUT2D eigenvalue weighted by atomic mass is 10.0. The summed E-state index contributed by atoms with van der Waals surface area (Å²) in [5, 5.41) is 19.0. The lowest BCUT2D eigenvalue weighted by molar-refractivity contribution is -0.136. The van der Waals surface area contributed by atoms with Gasteiger partial charge in [0.1, 0.15) is 11.3 Å². The highest BCUT2D eigenvalue weighted by molar-refractivity contribution is 6.04. The van der Waals surface area contributed by atoms with Gasteiger partial charge in [0.15, 0.2) is 5.78 Å². The van der Waals surface area contributed by atoms with Crippen LogP contribution < -0.4 is 5.56 Å². The van der Waals surface area contributed by atoms with Gasteiger partial charge in [0, 0.05) is 25.1 Å². The molecule has 20 heavy (non-hydrogen) atoms. The molecule has 2 aromatic heterocycles. The Balaban J connectivity index is 2.62. The summed E-state index contributed by atoms with van der Waals surface area (Å²) in [6.45, 7) is 0. The number of fused-ring (bicyclic) bond motifs is 1. The van der Waals surface area contributed by atoms with E-state index in [4.69, 9.17) is 5.11 Å². The topological polar surface area (TPSA) is 109 Å². The Bertz CT molecular complexity index is 763. The zero-order valence-electron chi connectivity index (χ0n) is 10.7. The van der Waals surface area contributed by atoms with Crippen LogP contribution in [0.2, 0.25) is 0 Å². The van der Waals surface area contributed by atoms with Gasteiger partial charge < -0.3 is 14.8 Å². The first-order valence-corrected chi connectivity index (χ1v) is 5.84. The largest absolute Gasteiger partial charge is 0.506 e. The molecule has 0 radical (unpaired) electrons. The molecular formula is C13H12N2O5. The summed E-state index contributed by atoms with van der Waals surface area (Å²) >= 11 is 0. The molecule has 0 saturated carbocycles. The van der Waals surface area contributed by atoms with Crippen molar-refractivity contribution in [1.29, 1.82) is 0 Å². The van der Waals surface area contributed by atoms with Crippen molar-refractivity contribution in [2.75, 3.05) is 0 Å². The molecule has 0 spiro atoms. The fourth-order valence-electron chi connectivity index (χ4n) is 1.96. The summed E-state index contributed by atoms with van der Waals surface area (Å²) in [5.41, 5.74) is -0.657. The van der Waals surface area contributed by atoms with Gasteiger partial charge in [-0.2, -0.15) is 0 Å². The van der Waals surface area contributed by atoms with E-state index in [9.17, 15) is 19.5 Å². The number of pyridine rings is 2. The fourth-order valence-corrected chi connectivity index (χ4v) is 1.96. The van der Waals surface area contributed by atoms with E-state index in [0.717, 1.165) is 0 Å². The smallest absolute Gasteiger partial charge is 0.303 e. The van der Waals surface area contributed by atoms with Crippen molar-refractivity contribution in [2.24, 2.45) is 7.05 Å². The molecular weight excluding hydrogens is 264 g/mol. The lowest BCUT2D eigenvalue weighted by Crippen LogP contribution is -2.25. The molecule has 2 heterocycles. The van der Waals surface area contributed by atoms with Crippen molar-refractivity contribution >= 4 is 22.7 Å². The number of ketones is 1. The minimum absolute atomic E-state index is 0.320. The van der Waals surface area contributed by atoms with Crippen LogP contribution in [0.5, 0.6) is 5.75 Å². The van der Waals surface area contributed by atoms with Crippen molar-refractivity contribution in [2.45, 2.75) is 12.8 Å². The van der Waals surface area contributed by atoms with Gasteiger partial charge in [-0.1, -0.05) is 0 Å². The Morgan fingerprint density at radius 2 is 2.05 bits per heavy atom. The molecule has 0 bridgehead atoms. The SMILES string of the molecule is Cn1c(=O)c(C(=O)CCC(=O)O)c(O)c2ccncc21. The molecule has 7 nitrogen and oxygen atoms in total. The van der Waals surface area contributed by atoms with E-state index in [1.165, 1.54) is 30.1 Å². The van der Waals surface area contributed by atoms with E-state index < -0.39 is 29.5 Å². The highest BCUT2D eigenvalue weighted by Crippen LogP contribution is 2.26. The van der Waals surface area contributed by atoms with Gasteiger partial charge in [-0.25, -0.2) is 0 Å². The summed E-state index contributed by atoms with van der Waals surface area (Å²) < 4.78 is 1.20. The molecule has 0 unspecified atom stereocenters. The van der Waals surface area contributed by atoms with Gasteiger partial charge in [0.2, 0.25) is 0 Å². The number of nitrogens with zero attached hydrogens (tertiary/aromatic N) is 2. The number of carbonyl (C=O) groups excluding carboxylic acids is 1. The Hall–Kier alpha value is -2.70. The predicted molar refractivity (Wildman–Crippen MR) is 69.8 cm³/mol. The fraction of sp³-hybridized carbons (Fsp3) is 0.231. The number of aliphatic carboxylic acids is 1. The number of Topliss-reactive ketones (excluding diaryl/α,β-unsaturated/α-hetero) is 1. The molecule has 0 aliphatic heterocycles. The lowest BCUT2D eigenvalue weighted by Gasteiger charge is -2.10. The number of hydrogen-bond acceptors (Lipinski definition) is 5. The van der Waals surface area contributed by atoms with Gasteiger partial charge >= 0.3 is 5.97 Å². The third-order valence-corrected chi connectivity index (χ3v) is 3.02. The number of aromatic nitrogens is 2. The number of carbonyl (C=O) groups is 2. The molecule has 0 aliphatic carbocycles. The molecule has 0 saturated heterocycles. The van der Waals surface area contributed by atoms with Crippen molar-refractivity contribution in [3.63, 3.8) is 0 Å². The molecule has 2 rings (SSSR count). The summed E-state index contributed by atoms with van der Waals surface area (Å²) in [6.07, 6.45) is 2.10. The molecule has 2 aromatic rings. The molecule has 104 valence electrons. The van der Waals surface area contributed by atoms with E-state index in [0.29, 0.717) is 10.9 Å². The van der Waals surface area contributed by atoms with Crippen LogP contribution in [0.1, 0.15) is 23.2 Å². The van der Waals surface area contributed by atoms with Gasteiger partial charge in [0.05, 0.1) is 18.1 Å². The van der Waals surface area contributed by atoms with Crippen LogP contribution in [0, 0.1) is 0 Å². The molecule has 7 heteroatoms. The quantitative estimate of drug-likeness (QED) is 0.795. The van der Waals surface area contributed by atoms with E-state index in [2.05, 4.69) is 4.98 Å². The van der Waals surface area contributed by atoms with Crippen LogP contribution in [-0.4, -0.2) is 31.5 Å². The summed E-state index contributed by atoms with van der Waals surface area (Å²) in [5.74, 6) is -2.26. The van der Waals surface area contributed by atoms with Crippen LogP contribution in [0.15, 0.2) is 23.3 Å². The molecule has 0 aromatic carbocycles. The maximum atomic E-state index is 12.1. The first-order chi connectivity index (χ1) is 9.43. The minimum atomic E-state index is -1.14. The minimum Gasteiger partial charge on any atom is -0.506 e. The third-order valence-electron chi connectivity index (χ3n) is 3.02. The Morgan fingerprint density at radius 1 is 1.35 bits per heavy atom. The summed E-state index contributed by atoms with van der Waals surface area (Å²) in [4.78, 5) is 38.4. The average molecular weight is 276 g/mol. The van der Waals surface area contributed by atoms with Crippen molar-refractivity contribution in [3.05, 3.63) is 34.4 Å². The van der Waals surface area contributed by atoms with E-state index in [1.54, 1.807) is 0 Å². The van der Waals surface area contributed by atoms with Gasteiger partial charge in [0.25, 0.3) is 5.56 Å². The molecule has 0 amide bonds. The number of aryl methyl sites for hydroxylation is 1. The van der Waals surface area contributed by atoms with E-state index in [1.807, 2.05) is 0 Å². The third kappa shape index (κ3) is 2.25.